The van der Waals surface area contributed by atoms with E-state index in [1.54, 1.807) is 0 Å². The number of benzene rings is 2. The molecule has 0 heterocycles. The molecule has 0 saturated heterocycles. The summed E-state index contributed by atoms with van der Waals surface area (Å²) in [4.78, 5) is 2.15. The molecule has 1 unspecified atom stereocenters. The number of nitrogens with two attached hydrogens (primary N) is 1. The molecule has 0 bridgehead atoms. The SMILES string of the molecule is Cc1cccc(C(CN)N(C)c2ccc(C#N)cc2)c1. The van der Waals surface area contributed by atoms with Gasteiger partial charge in [0.2, 0.25) is 0 Å². The highest BCUT2D eigenvalue weighted by atomic mass is 15.1. The van der Waals surface area contributed by atoms with Crippen LogP contribution in [0.5, 0.6) is 0 Å². The number of aryl methyl sites for hydroxylation is 1. The Balaban J connectivity index is 2.28. The number of nitrogens with zero attached hydrogens (tertiary/aromatic N) is 2. The number of likely N-dealkylation sites (N-methyl/N-ethyl adjacent to an activating group) is 1. The molecule has 0 aromatic heterocycles. The fraction of sp³-hybridized carbons (Fsp3) is 0.235. The number of hydrogen-bond donors (Lipinski definition) is 1. The quantitative estimate of drug-likeness (QED) is 0.924. The summed E-state index contributed by atoms with van der Waals surface area (Å²) in [6.07, 6.45) is 0. The standard InChI is InChI=1S/C17H19N3/c1-13-4-3-5-15(10-13)17(12-19)20(2)16-8-6-14(11-18)7-9-16/h3-10,17H,12,19H2,1-2H3. The predicted octanol–water partition coefficient (Wildman–Crippen LogP) is 3.00. The van der Waals surface area contributed by atoms with E-state index in [0.717, 1.165) is 5.69 Å². The van der Waals surface area contributed by atoms with E-state index in [0.29, 0.717) is 12.1 Å². The van der Waals surface area contributed by atoms with Crippen LogP contribution in [0.1, 0.15) is 22.7 Å². The van der Waals surface area contributed by atoms with E-state index in [1.807, 2.05) is 31.3 Å². The molecule has 2 rings (SSSR count). The third kappa shape index (κ3) is 2.98. The molecular weight excluding hydrogens is 246 g/mol. The van der Waals surface area contributed by atoms with Crippen LogP contribution in [0.3, 0.4) is 0 Å². The first-order valence-corrected chi connectivity index (χ1v) is 6.65. The minimum atomic E-state index is 0.128. The molecule has 2 aromatic carbocycles. The van der Waals surface area contributed by atoms with Crippen LogP contribution in [0.2, 0.25) is 0 Å². The molecule has 0 aliphatic rings. The topological polar surface area (TPSA) is 53.0 Å². The van der Waals surface area contributed by atoms with E-state index in [-0.39, 0.29) is 6.04 Å². The van der Waals surface area contributed by atoms with Gasteiger partial charge in [-0.3, -0.25) is 0 Å². The van der Waals surface area contributed by atoms with Gasteiger partial charge in [0, 0.05) is 19.3 Å². The van der Waals surface area contributed by atoms with Gasteiger partial charge in [0.05, 0.1) is 17.7 Å². The zero-order chi connectivity index (χ0) is 14.5. The molecule has 20 heavy (non-hydrogen) atoms. The second-order valence-corrected chi connectivity index (χ2v) is 4.94. The molecule has 2 aromatic rings. The maximum Gasteiger partial charge on any atom is 0.0991 e. The maximum absolute atomic E-state index is 8.85. The monoisotopic (exact) mass is 265 g/mol. The Morgan fingerprint density at radius 1 is 1.20 bits per heavy atom. The van der Waals surface area contributed by atoms with Gasteiger partial charge in [-0.2, -0.15) is 5.26 Å². The Morgan fingerprint density at radius 2 is 1.90 bits per heavy atom. The highest BCUT2D eigenvalue weighted by molar-refractivity contribution is 5.51. The lowest BCUT2D eigenvalue weighted by molar-refractivity contribution is 0.680. The van der Waals surface area contributed by atoms with Crippen LogP contribution in [-0.2, 0) is 0 Å². The molecule has 102 valence electrons. The van der Waals surface area contributed by atoms with E-state index in [9.17, 15) is 0 Å². The van der Waals surface area contributed by atoms with Crippen LogP contribution in [0.15, 0.2) is 48.5 Å². The fourth-order valence-corrected chi connectivity index (χ4v) is 2.35. The van der Waals surface area contributed by atoms with E-state index >= 15 is 0 Å². The van der Waals surface area contributed by atoms with Crippen LogP contribution >= 0.6 is 0 Å². The maximum atomic E-state index is 8.85. The molecule has 0 aliphatic carbocycles. The van der Waals surface area contributed by atoms with Crippen LogP contribution in [0.25, 0.3) is 0 Å². The van der Waals surface area contributed by atoms with Crippen molar-refractivity contribution in [2.75, 3.05) is 18.5 Å². The van der Waals surface area contributed by atoms with E-state index in [4.69, 9.17) is 11.0 Å². The lowest BCUT2D eigenvalue weighted by atomic mass is 10.0. The summed E-state index contributed by atoms with van der Waals surface area (Å²) in [6, 6.07) is 18.2. The van der Waals surface area contributed by atoms with Crippen LogP contribution in [0.4, 0.5) is 5.69 Å². The van der Waals surface area contributed by atoms with Crippen molar-refractivity contribution >= 4 is 5.69 Å². The normalized spacial score (nSPS) is 11.7. The molecule has 0 spiro atoms. The summed E-state index contributed by atoms with van der Waals surface area (Å²) in [5, 5.41) is 8.85. The molecule has 0 amide bonds. The van der Waals surface area contributed by atoms with Gasteiger partial charge in [0.25, 0.3) is 0 Å². The molecule has 2 N–H and O–H groups in total. The van der Waals surface area contributed by atoms with Gasteiger partial charge in [-0.25, -0.2) is 0 Å². The van der Waals surface area contributed by atoms with Crippen molar-refractivity contribution in [1.82, 2.24) is 0 Å². The zero-order valence-electron chi connectivity index (χ0n) is 11.9. The summed E-state index contributed by atoms with van der Waals surface area (Å²) >= 11 is 0. The van der Waals surface area contributed by atoms with Crippen molar-refractivity contribution in [3.63, 3.8) is 0 Å². The Bertz CT molecular complexity index is 611. The largest absolute Gasteiger partial charge is 0.366 e. The molecule has 0 aliphatic heterocycles. The Hall–Kier alpha value is -2.31. The fourth-order valence-electron chi connectivity index (χ4n) is 2.35. The average molecular weight is 265 g/mol. The molecular formula is C17H19N3. The van der Waals surface area contributed by atoms with Gasteiger partial charge >= 0.3 is 0 Å². The summed E-state index contributed by atoms with van der Waals surface area (Å²) in [7, 11) is 2.03. The lowest BCUT2D eigenvalue weighted by Crippen LogP contribution is -2.30. The number of rotatable bonds is 4. The van der Waals surface area contributed by atoms with Gasteiger partial charge in [-0.15, -0.1) is 0 Å². The predicted molar refractivity (Wildman–Crippen MR) is 82.5 cm³/mol. The van der Waals surface area contributed by atoms with Crippen molar-refractivity contribution < 1.29 is 0 Å². The van der Waals surface area contributed by atoms with Crippen molar-refractivity contribution in [1.29, 1.82) is 5.26 Å². The van der Waals surface area contributed by atoms with Gasteiger partial charge in [-0.05, 0) is 36.8 Å². The van der Waals surface area contributed by atoms with Crippen LogP contribution in [0, 0.1) is 18.3 Å². The van der Waals surface area contributed by atoms with Crippen molar-refractivity contribution in [3.05, 3.63) is 65.2 Å². The molecule has 3 heteroatoms. The van der Waals surface area contributed by atoms with Crippen molar-refractivity contribution in [2.45, 2.75) is 13.0 Å². The third-order valence-electron chi connectivity index (χ3n) is 3.52. The summed E-state index contributed by atoms with van der Waals surface area (Å²) < 4.78 is 0. The van der Waals surface area contributed by atoms with Crippen LogP contribution < -0.4 is 10.6 Å². The van der Waals surface area contributed by atoms with Gasteiger partial charge in [-0.1, -0.05) is 29.8 Å². The lowest BCUT2D eigenvalue weighted by Gasteiger charge is -2.29. The summed E-state index contributed by atoms with van der Waals surface area (Å²) in [5.74, 6) is 0. The van der Waals surface area contributed by atoms with Crippen molar-refractivity contribution in [2.24, 2.45) is 5.73 Å². The van der Waals surface area contributed by atoms with Gasteiger partial charge in [0.15, 0.2) is 0 Å². The minimum absolute atomic E-state index is 0.128. The second-order valence-electron chi connectivity index (χ2n) is 4.94. The summed E-state index contributed by atoms with van der Waals surface area (Å²) in [5.41, 5.74) is 10.1. The number of hydrogen-bond acceptors (Lipinski definition) is 3. The third-order valence-corrected chi connectivity index (χ3v) is 3.52. The average Bonchev–Trinajstić information content (AvgIpc) is 2.48. The first-order valence-electron chi connectivity index (χ1n) is 6.65. The first kappa shape index (κ1) is 14.1. The van der Waals surface area contributed by atoms with E-state index in [1.165, 1.54) is 11.1 Å². The molecule has 0 fully saturated rings. The molecule has 3 nitrogen and oxygen atoms in total. The van der Waals surface area contributed by atoms with E-state index in [2.05, 4.69) is 42.2 Å². The number of anilines is 1. The Morgan fingerprint density at radius 3 is 2.45 bits per heavy atom. The second kappa shape index (κ2) is 6.23. The number of nitriles is 1. The first-order chi connectivity index (χ1) is 9.65. The Labute approximate surface area is 120 Å². The van der Waals surface area contributed by atoms with Gasteiger partial charge < -0.3 is 10.6 Å². The molecule has 0 radical (unpaired) electrons. The van der Waals surface area contributed by atoms with E-state index < -0.39 is 0 Å². The smallest absolute Gasteiger partial charge is 0.0991 e. The summed E-state index contributed by atoms with van der Waals surface area (Å²) in [6.45, 7) is 2.62. The van der Waals surface area contributed by atoms with Crippen molar-refractivity contribution in [3.8, 4) is 6.07 Å². The van der Waals surface area contributed by atoms with Crippen LogP contribution in [-0.4, -0.2) is 13.6 Å². The molecule has 0 saturated carbocycles. The van der Waals surface area contributed by atoms with Gasteiger partial charge in [0.1, 0.15) is 0 Å². The molecule has 1 atom stereocenters. The minimum Gasteiger partial charge on any atom is -0.366 e. The zero-order valence-corrected chi connectivity index (χ0v) is 11.9. The highest BCUT2D eigenvalue weighted by Crippen LogP contribution is 2.25. The Kier molecular flexibility index (Phi) is 4.39. The highest BCUT2D eigenvalue weighted by Gasteiger charge is 2.16.